The number of halogens is 1. The molecule has 1 aromatic carbocycles. The van der Waals surface area contributed by atoms with Crippen LogP contribution in [0.1, 0.15) is 18.4 Å². The third-order valence-corrected chi connectivity index (χ3v) is 3.26. The number of benzene rings is 1. The molecule has 0 atom stereocenters. The van der Waals surface area contributed by atoms with E-state index in [1.165, 1.54) is 0 Å². The van der Waals surface area contributed by atoms with Crippen molar-refractivity contribution in [1.29, 1.82) is 0 Å². The summed E-state index contributed by atoms with van der Waals surface area (Å²) in [6.45, 7) is 1.44. The Labute approximate surface area is 94.4 Å². The maximum atomic E-state index is 10.4. The lowest BCUT2D eigenvalue weighted by atomic mass is 9.85. The molecular formula is C11H15ClN2O. The van der Waals surface area contributed by atoms with Gasteiger partial charge in [0.25, 0.3) is 0 Å². The zero-order valence-corrected chi connectivity index (χ0v) is 9.24. The zero-order chi connectivity index (χ0) is 10.9. The first-order valence-corrected chi connectivity index (χ1v) is 5.46. The molecule has 2 rings (SSSR count). The van der Waals surface area contributed by atoms with E-state index in [0.29, 0.717) is 17.9 Å². The second kappa shape index (κ2) is 4.10. The maximum Gasteiger partial charge on any atom is 0.0922 e. The molecule has 0 radical (unpaired) electrons. The summed E-state index contributed by atoms with van der Waals surface area (Å²) in [7, 11) is 0. The summed E-state index contributed by atoms with van der Waals surface area (Å²) in [5, 5.41) is 12.9. The van der Waals surface area contributed by atoms with Gasteiger partial charge >= 0.3 is 0 Å². The number of hydrogen-bond donors (Lipinski definition) is 2. The molecule has 1 saturated heterocycles. The fourth-order valence-electron chi connectivity index (χ4n) is 1.94. The van der Waals surface area contributed by atoms with Gasteiger partial charge in [-0.15, -0.1) is 0 Å². The van der Waals surface area contributed by atoms with Crippen molar-refractivity contribution < 1.29 is 5.11 Å². The minimum absolute atomic E-state index is 0.672. The van der Waals surface area contributed by atoms with Crippen LogP contribution in [-0.2, 0) is 5.60 Å². The summed E-state index contributed by atoms with van der Waals surface area (Å²) in [6, 6.07) is 7.39. The van der Waals surface area contributed by atoms with E-state index in [-0.39, 0.29) is 0 Å². The van der Waals surface area contributed by atoms with E-state index >= 15 is 0 Å². The SMILES string of the molecule is NN1CCC(O)(c2ccc(Cl)cc2)CC1. The normalized spacial score (nSPS) is 21.5. The monoisotopic (exact) mass is 226 g/mol. The molecule has 82 valence electrons. The van der Waals surface area contributed by atoms with Crippen LogP contribution in [0.3, 0.4) is 0 Å². The van der Waals surface area contributed by atoms with E-state index in [1.54, 1.807) is 5.01 Å². The lowest BCUT2D eigenvalue weighted by Gasteiger charge is -2.36. The first-order chi connectivity index (χ1) is 7.10. The number of nitrogens with zero attached hydrogens (tertiary/aromatic N) is 1. The molecule has 0 unspecified atom stereocenters. The Balaban J connectivity index is 2.18. The van der Waals surface area contributed by atoms with Gasteiger partial charge in [-0.05, 0) is 30.5 Å². The molecule has 4 heteroatoms. The molecule has 0 aromatic heterocycles. The molecule has 0 amide bonds. The molecule has 1 fully saturated rings. The number of piperidine rings is 1. The predicted octanol–water partition coefficient (Wildman–Crippen LogP) is 1.50. The Morgan fingerprint density at radius 1 is 1.20 bits per heavy atom. The molecule has 0 saturated carbocycles. The number of rotatable bonds is 1. The summed E-state index contributed by atoms with van der Waals surface area (Å²) in [4.78, 5) is 0. The highest BCUT2D eigenvalue weighted by Gasteiger charge is 2.32. The molecule has 0 spiro atoms. The Bertz CT molecular complexity index is 331. The third kappa shape index (κ3) is 2.32. The smallest absolute Gasteiger partial charge is 0.0922 e. The van der Waals surface area contributed by atoms with Gasteiger partial charge in [0.05, 0.1) is 5.60 Å². The van der Waals surface area contributed by atoms with Crippen LogP contribution >= 0.6 is 11.6 Å². The predicted molar refractivity (Wildman–Crippen MR) is 60.3 cm³/mol. The number of hydrazine groups is 1. The molecule has 0 aliphatic carbocycles. The van der Waals surface area contributed by atoms with E-state index in [9.17, 15) is 5.11 Å². The number of nitrogens with two attached hydrogens (primary N) is 1. The van der Waals surface area contributed by atoms with Crippen molar-refractivity contribution in [1.82, 2.24) is 5.01 Å². The van der Waals surface area contributed by atoms with E-state index in [1.807, 2.05) is 24.3 Å². The second-order valence-corrected chi connectivity index (χ2v) is 4.51. The van der Waals surface area contributed by atoms with E-state index in [4.69, 9.17) is 17.4 Å². The molecule has 1 aromatic rings. The summed E-state index contributed by atoms with van der Waals surface area (Å²) in [5.74, 6) is 5.66. The Morgan fingerprint density at radius 2 is 1.73 bits per heavy atom. The van der Waals surface area contributed by atoms with Crippen LogP contribution in [0.2, 0.25) is 5.02 Å². The first kappa shape index (κ1) is 10.9. The van der Waals surface area contributed by atoms with Crippen LogP contribution in [0.4, 0.5) is 0 Å². The quantitative estimate of drug-likeness (QED) is 0.714. The van der Waals surface area contributed by atoms with Crippen LogP contribution in [0.5, 0.6) is 0 Å². The van der Waals surface area contributed by atoms with Crippen molar-refractivity contribution in [2.24, 2.45) is 5.84 Å². The van der Waals surface area contributed by atoms with Crippen LogP contribution < -0.4 is 5.84 Å². The minimum atomic E-state index is -0.736. The Hall–Kier alpha value is -0.610. The summed E-state index contributed by atoms with van der Waals surface area (Å²) in [6.07, 6.45) is 1.34. The second-order valence-electron chi connectivity index (χ2n) is 4.07. The summed E-state index contributed by atoms with van der Waals surface area (Å²) in [5.41, 5.74) is 0.195. The highest BCUT2D eigenvalue weighted by atomic mass is 35.5. The van der Waals surface area contributed by atoms with Crippen molar-refractivity contribution >= 4 is 11.6 Å². The van der Waals surface area contributed by atoms with Gasteiger partial charge in [0.1, 0.15) is 0 Å². The van der Waals surface area contributed by atoms with Gasteiger partial charge in [-0.1, -0.05) is 23.7 Å². The van der Waals surface area contributed by atoms with Crippen LogP contribution in [0.25, 0.3) is 0 Å². The molecule has 1 heterocycles. The van der Waals surface area contributed by atoms with Crippen molar-refractivity contribution in [3.8, 4) is 0 Å². The average molecular weight is 227 g/mol. The Morgan fingerprint density at radius 3 is 2.27 bits per heavy atom. The van der Waals surface area contributed by atoms with Gasteiger partial charge in [-0.2, -0.15) is 0 Å². The largest absolute Gasteiger partial charge is 0.385 e. The summed E-state index contributed by atoms with van der Waals surface area (Å²) < 4.78 is 0. The zero-order valence-electron chi connectivity index (χ0n) is 8.49. The van der Waals surface area contributed by atoms with Crippen LogP contribution in [0.15, 0.2) is 24.3 Å². The van der Waals surface area contributed by atoms with Crippen molar-refractivity contribution in [2.45, 2.75) is 18.4 Å². The molecule has 3 N–H and O–H groups in total. The van der Waals surface area contributed by atoms with Gasteiger partial charge in [0, 0.05) is 18.1 Å². The fourth-order valence-corrected chi connectivity index (χ4v) is 2.07. The van der Waals surface area contributed by atoms with Crippen molar-refractivity contribution in [3.63, 3.8) is 0 Å². The maximum absolute atomic E-state index is 10.4. The van der Waals surface area contributed by atoms with Crippen molar-refractivity contribution in [3.05, 3.63) is 34.9 Å². The lowest BCUT2D eigenvalue weighted by Crippen LogP contribution is -2.45. The van der Waals surface area contributed by atoms with Gasteiger partial charge in [0.15, 0.2) is 0 Å². The van der Waals surface area contributed by atoms with E-state index in [0.717, 1.165) is 18.7 Å². The minimum Gasteiger partial charge on any atom is -0.385 e. The molecule has 15 heavy (non-hydrogen) atoms. The first-order valence-electron chi connectivity index (χ1n) is 5.08. The molecule has 3 nitrogen and oxygen atoms in total. The number of aliphatic hydroxyl groups is 1. The molecule has 1 aliphatic heterocycles. The standard InChI is InChI=1S/C11H15ClN2O/c12-10-3-1-9(2-4-10)11(15)5-7-14(13)8-6-11/h1-4,15H,5-8,13H2. The van der Waals surface area contributed by atoms with E-state index in [2.05, 4.69) is 0 Å². The van der Waals surface area contributed by atoms with Crippen LogP contribution in [0, 0.1) is 0 Å². The molecular weight excluding hydrogens is 212 g/mol. The van der Waals surface area contributed by atoms with Crippen molar-refractivity contribution in [2.75, 3.05) is 13.1 Å². The third-order valence-electron chi connectivity index (χ3n) is 3.01. The van der Waals surface area contributed by atoms with Gasteiger partial charge in [-0.3, -0.25) is 5.84 Å². The van der Waals surface area contributed by atoms with Gasteiger partial charge in [-0.25, -0.2) is 5.01 Å². The molecule has 1 aliphatic rings. The Kier molecular flexibility index (Phi) is 2.98. The van der Waals surface area contributed by atoms with Crippen LogP contribution in [-0.4, -0.2) is 23.2 Å². The highest BCUT2D eigenvalue weighted by Crippen LogP contribution is 2.32. The van der Waals surface area contributed by atoms with Gasteiger partial charge < -0.3 is 5.11 Å². The topological polar surface area (TPSA) is 49.5 Å². The number of hydrogen-bond acceptors (Lipinski definition) is 3. The average Bonchev–Trinajstić information content (AvgIpc) is 2.24. The van der Waals surface area contributed by atoms with Gasteiger partial charge in [0.2, 0.25) is 0 Å². The van der Waals surface area contributed by atoms with E-state index < -0.39 is 5.60 Å². The lowest BCUT2D eigenvalue weighted by molar-refractivity contribution is -0.0261. The fraction of sp³-hybridized carbons (Fsp3) is 0.455. The highest BCUT2D eigenvalue weighted by molar-refractivity contribution is 6.30. The summed E-state index contributed by atoms with van der Waals surface area (Å²) >= 11 is 5.81. The molecule has 0 bridgehead atoms.